The molecule has 0 radical (unpaired) electrons. The molecule has 0 saturated carbocycles. The summed E-state index contributed by atoms with van der Waals surface area (Å²) in [5, 5.41) is 0. The SMILES string of the molecule is CCCCS(=O)(=O)N1CCCc2c(N)cccc21. The van der Waals surface area contributed by atoms with Crippen LogP contribution in [0.25, 0.3) is 0 Å². The summed E-state index contributed by atoms with van der Waals surface area (Å²) in [6, 6.07) is 5.51. The average molecular weight is 268 g/mol. The Morgan fingerprint density at radius 2 is 2.17 bits per heavy atom. The molecule has 2 rings (SSSR count). The Morgan fingerprint density at radius 3 is 2.89 bits per heavy atom. The Bertz CT molecular complexity index is 526. The standard InChI is InChI=1S/C13H20N2O2S/c1-2-3-10-18(16,17)15-9-5-6-11-12(14)7-4-8-13(11)15/h4,7-8H,2-3,5-6,9-10,14H2,1H3. The molecule has 0 atom stereocenters. The van der Waals surface area contributed by atoms with E-state index in [2.05, 4.69) is 0 Å². The molecule has 4 nitrogen and oxygen atoms in total. The quantitative estimate of drug-likeness (QED) is 0.851. The number of fused-ring (bicyclic) bond motifs is 1. The van der Waals surface area contributed by atoms with E-state index in [1.54, 1.807) is 0 Å². The molecule has 1 aliphatic heterocycles. The third kappa shape index (κ3) is 2.46. The summed E-state index contributed by atoms with van der Waals surface area (Å²) in [4.78, 5) is 0. The van der Waals surface area contributed by atoms with E-state index in [0.717, 1.165) is 30.5 Å². The van der Waals surface area contributed by atoms with Crippen molar-refractivity contribution >= 4 is 21.4 Å². The highest BCUT2D eigenvalue weighted by atomic mass is 32.2. The number of rotatable bonds is 4. The summed E-state index contributed by atoms with van der Waals surface area (Å²) in [5.74, 6) is 0.220. The highest BCUT2D eigenvalue weighted by molar-refractivity contribution is 7.92. The first-order valence-electron chi connectivity index (χ1n) is 6.44. The summed E-state index contributed by atoms with van der Waals surface area (Å²) < 4.78 is 26.1. The lowest BCUT2D eigenvalue weighted by Crippen LogP contribution is -2.37. The minimum atomic E-state index is -3.20. The van der Waals surface area contributed by atoms with Gasteiger partial charge in [-0.25, -0.2) is 8.42 Å². The molecule has 18 heavy (non-hydrogen) atoms. The zero-order chi connectivity index (χ0) is 13.2. The number of hydrogen-bond acceptors (Lipinski definition) is 3. The molecule has 1 aromatic rings. The van der Waals surface area contributed by atoms with E-state index in [4.69, 9.17) is 5.73 Å². The highest BCUT2D eigenvalue weighted by Gasteiger charge is 2.27. The summed E-state index contributed by atoms with van der Waals surface area (Å²) in [6.45, 7) is 2.57. The second-order valence-corrected chi connectivity index (χ2v) is 6.70. The van der Waals surface area contributed by atoms with Gasteiger partial charge in [0.15, 0.2) is 0 Å². The van der Waals surface area contributed by atoms with Gasteiger partial charge in [0.05, 0.1) is 11.4 Å². The van der Waals surface area contributed by atoms with Gasteiger partial charge >= 0.3 is 0 Å². The highest BCUT2D eigenvalue weighted by Crippen LogP contribution is 2.33. The summed E-state index contributed by atoms with van der Waals surface area (Å²) in [7, 11) is -3.20. The molecule has 0 spiro atoms. The number of unbranched alkanes of at least 4 members (excludes halogenated alkanes) is 1. The van der Waals surface area contributed by atoms with Gasteiger partial charge in [-0.1, -0.05) is 19.4 Å². The largest absolute Gasteiger partial charge is 0.398 e. The molecule has 100 valence electrons. The number of nitrogen functional groups attached to an aromatic ring is 1. The van der Waals surface area contributed by atoms with E-state index in [-0.39, 0.29) is 5.75 Å². The maximum atomic E-state index is 12.3. The first kappa shape index (κ1) is 13.2. The second kappa shape index (κ2) is 5.18. The molecule has 0 saturated heterocycles. The first-order valence-corrected chi connectivity index (χ1v) is 8.05. The molecule has 1 heterocycles. The zero-order valence-electron chi connectivity index (χ0n) is 10.7. The predicted octanol–water partition coefficient (Wildman–Crippen LogP) is 2.15. The molecule has 1 aromatic carbocycles. The van der Waals surface area contributed by atoms with Crippen LogP contribution in [0.5, 0.6) is 0 Å². The van der Waals surface area contributed by atoms with E-state index in [0.29, 0.717) is 18.7 Å². The summed E-state index contributed by atoms with van der Waals surface area (Å²) in [5.41, 5.74) is 8.37. The van der Waals surface area contributed by atoms with Gasteiger partial charge < -0.3 is 5.73 Å². The van der Waals surface area contributed by atoms with Gasteiger partial charge in [0.2, 0.25) is 10.0 Å². The van der Waals surface area contributed by atoms with Crippen molar-refractivity contribution in [3.8, 4) is 0 Å². The first-order chi connectivity index (χ1) is 8.56. The van der Waals surface area contributed by atoms with Crippen molar-refractivity contribution in [1.29, 1.82) is 0 Å². The molecule has 0 unspecified atom stereocenters. The van der Waals surface area contributed by atoms with Crippen molar-refractivity contribution in [2.75, 3.05) is 22.3 Å². The van der Waals surface area contributed by atoms with Crippen LogP contribution in [0.2, 0.25) is 0 Å². The van der Waals surface area contributed by atoms with Crippen LogP contribution in [0, 0.1) is 0 Å². The lowest BCUT2D eigenvalue weighted by Gasteiger charge is -2.31. The van der Waals surface area contributed by atoms with E-state index in [9.17, 15) is 8.42 Å². The molecule has 0 amide bonds. The normalized spacial score (nSPS) is 15.5. The van der Waals surface area contributed by atoms with Crippen LogP contribution in [0.15, 0.2) is 18.2 Å². The van der Waals surface area contributed by atoms with Crippen molar-refractivity contribution in [1.82, 2.24) is 0 Å². The Morgan fingerprint density at radius 1 is 1.39 bits per heavy atom. The van der Waals surface area contributed by atoms with E-state index >= 15 is 0 Å². The van der Waals surface area contributed by atoms with Crippen LogP contribution in [0.1, 0.15) is 31.7 Å². The van der Waals surface area contributed by atoms with Gasteiger partial charge in [0.25, 0.3) is 0 Å². The van der Waals surface area contributed by atoms with Crippen LogP contribution in [-0.4, -0.2) is 20.7 Å². The Hall–Kier alpha value is -1.23. The minimum Gasteiger partial charge on any atom is -0.398 e. The number of sulfonamides is 1. The molecule has 2 N–H and O–H groups in total. The van der Waals surface area contributed by atoms with Crippen molar-refractivity contribution in [2.45, 2.75) is 32.6 Å². The maximum Gasteiger partial charge on any atom is 0.235 e. The van der Waals surface area contributed by atoms with Crippen molar-refractivity contribution in [3.63, 3.8) is 0 Å². The smallest absolute Gasteiger partial charge is 0.235 e. The van der Waals surface area contributed by atoms with Crippen LogP contribution < -0.4 is 10.0 Å². The van der Waals surface area contributed by atoms with E-state index in [1.807, 2.05) is 25.1 Å². The van der Waals surface area contributed by atoms with Crippen molar-refractivity contribution in [3.05, 3.63) is 23.8 Å². The Balaban J connectivity index is 2.36. The van der Waals surface area contributed by atoms with Gasteiger partial charge in [-0.3, -0.25) is 4.31 Å². The molecular formula is C13H20N2O2S. The molecular weight excluding hydrogens is 248 g/mol. The second-order valence-electron chi connectivity index (χ2n) is 4.69. The fourth-order valence-electron chi connectivity index (χ4n) is 2.34. The third-order valence-corrected chi connectivity index (χ3v) is 5.19. The number of hydrogen-bond donors (Lipinski definition) is 1. The lowest BCUT2D eigenvalue weighted by atomic mass is 10.0. The van der Waals surface area contributed by atoms with Gasteiger partial charge in [0, 0.05) is 12.2 Å². The van der Waals surface area contributed by atoms with Crippen LogP contribution >= 0.6 is 0 Å². The topological polar surface area (TPSA) is 63.4 Å². The van der Waals surface area contributed by atoms with E-state index < -0.39 is 10.0 Å². The zero-order valence-corrected chi connectivity index (χ0v) is 11.5. The average Bonchev–Trinajstić information content (AvgIpc) is 2.36. The van der Waals surface area contributed by atoms with Gasteiger partial charge in [-0.2, -0.15) is 0 Å². The van der Waals surface area contributed by atoms with Gasteiger partial charge in [-0.15, -0.1) is 0 Å². The molecule has 0 aliphatic carbocycles. The number of nitrogens with zero attached hydrogens (tertiary/aromatic N) is 1. The lowest BCUT2D eigenvalue weighted by molar-refractivity contribution is 0.583. The molecule has 0 aromatic heterocycles. The molecule has 0 bridgehead atoms. The van der Waals surface area contributed by atoms with Crippen LogP contribution in [-0.2, 0) is 16.4 Å². The van der Waals surface area contributed by atoms with E-state index in [1.165, 1.54) is 4.31 Å². The van der Waals surface area contributed by atoms with Crippen molar-refractivity contribution < 1.29 is 8.42 Å². The fourth-order valence-corrected chi connectivity index (χ4v) is 4.10. The van der Waals surface area contributed by atoms with Crippen LogP contribution in [0.4, 0.5) is 11.4 Å². The predicted molar refractivity (Wildman–Crippen MR) is 75.2 cm³/mol. The molecule has 0 fully saturated rings. The van der Waals surface area contributed by atoms with Gasteiger partial charge in [0.1, 0.15) is 0 Å². The fraction of sp³-hybridized carbons (Fsp3) is 0.538. The molecule has 1 aliphatic rings. The number of anilines is 2. The third-order valence-electron chi connectivity index (χ3n) is 3.34. The van der Waals surface area contributed by atoms with Gasteiger partial charge in [-0.05, 0) is 37.0 Å². The number of benzene rings is 1. The van der Waals surface area contributed by atoms with Crippen molar-refractivity contribution in [2.24, 2.45) is 0 Å². The number of nitrogens with two attached hydrogens (primary N) is 1. The maximum absolute atomic E-state index is 12.3. The van der Waals surface area contributed by atoms with Crippen LogP contribution in [0.3, 0.4) is 0 Å². The minimum absolute atomic E-state index is 0.220. The Kier molecular flexibility index (Phi) is 3.80. The summed E-state index contributed by atoms with van der Waals surface area (Å²) in [6.07, 6.45) is 3.29. The molecule has 5 heteroatoms. The monoisotopic (exact) mass is 268 g/mol. The Labute approximate surface area is 109 Å². The summed E-state index contributed by atoms with van der Waals surface area (Å²) >= 11 is 0.